The van der Waals surface area contributed by atoms with E-state index in [1.165, 1.54) is 18.7 Å². The first kappa shape index (κ1) is 12.1. The Morgan fingerprint density at radius 1 is 1.59 bits per heavy atom. The summed E-state index contributed by atoms with van der Waals surface area (Å²) in [5.74, 6) is 0.348. The molecule has 17 heavy (non-hydrogen) atoms. The summed E-state index contributed by atoms with van der Waals surface area (Å²) in [6.45, 7) is 0. The number of methoxy groups -OCH3 is 1. The average Bonchev–Trinajstić information content (AvgIpc) is 2.61. The Balaban J connectivity index is 2.17. The number of sulfone groups is 1. The number of anilines is 1. The summed E-state index contributed by atoms with van der Waals surface area (Å²) in [6.07, 6.45) is 2.95. The van der Waals surface area contributed by atoms with E-state index in [0.29, 0.717) is 10.8 Å². The molecule has 8 heteroatoms. The molecule has 2 rings (SSSR count). The summed E-state index contributed by atoms with van der Waals surface area (Å²) in [4.78, 5) is 7.82. The predicted molar refractivity (Wildman–Crippen MR) is 63.9 cm³/mol. The van der Waals surface area contributed by atoms with Crippen LogP contribution in [0.25, 0.3) is 0 Å². The monoisotopic (exact) mass is 275 g/mol. The van der Waals surface area contributed by atoms with Gasteiger partial charge in [-0.05, 0) is 6.08 Å². The minimum Gasteiger partial charge on any atom is -0.467 e. The lowest BCUT2D eigenvalue weighted by molar-refractivity contribution is 0.380. The van der Waals surface area contributed by atoms with E-state index in [4.69, 9.17) is 16.3 Å². The molecular weight excluding hydrogens is 266 g/mol. The van der Waals surface area contributed by atoms with Gasteiger partial charge in [0.15, 0.2) is 15.7 Å². The smallest absolute Gasteiger partial charge is 0.318 e. The Morgan fingerprint density at radius 3 is 2.94 bits per heavy atom. The fourth-order valence-electron chi connectivity index (χ4n) is 1.39. The van der Waals surface area contributed by atoms with Crippen molar-refractivity contribution in [1.29, 1.82) is 0 Å². The predicted octanol–water partition coefficient (Wildman–Crippen LogP) is 0.861. The van der Waals surface area contributed by atoms with E-state index in [1.54, 1.807) is 6.08 Å². The maximum Gasteiger partial charge on any atom is 0.318 e. The van der Waals surface area contributed by atoms with Crippen LogP contribution in [0.1, 0.15) is 0 Å². The SMILES string of the molecule is COc1ncc(Cl)c(NC2C=CS(=O)(=O)C2)n1. The highest BCUT2D eigenvalue weighted by atomic mass is 35.5. The summed E-state index contributed by atoms with van der Waals surface area (Å²) in [5.41, 5.74) is 0. The Morgan fingerprint density at radius 2 is 2.35 bits per heavy atom. The van der Waals surface area contributed by atoms with Gasteiger partial charge in [-0.3, -0.25) is 0 Å². The Kier molecular flexibility index (Phi) is 3.21. The van der Waals surface area contributed by atoms with Gasteiger partial charge >= 0.3 is 6.01 Å². The zero-order valence-corrected chi connectivity index (χ0v) is 10.5. The number of hydrogen-bond acceptors (Lipinski definition) is 6. The summed E-state index contributed by atoms with van der Waals surface area (Å²) in [7, 11) is -1.67. The van der Waals surface area contributed by atoms with Crippen LogP contribution in [0, 0.1) is 0 Å². The summed E-state index contributed by atoms with van der Waals surface area (Å²) >= 11 is 5.89. The van der Waals surface area contributed by atoms with Gasteiger partial charge in [0.25, 0.3) is 0 Å². The van der Waals surface area contributed by atoms with Crippen molar-refractivity contribution in [2.45, 2.75) is 6.04 Å². The fraction of sp³-hybridized carbons (Fsp3) is 0.333. The second-order valence-electron chi connectivity index (χ2n) is 3.46. The molecule has 0 aliphatic carbocycles. The van der Waals surface area contributed by atoms with Crippen molar-refractivity contribution in [3.8, 4) is 6.01 Å². The molecule has 0 saturated carbocycles. The molecule has 1 atom stereocenters. The van der Waals surface area contributed by atoms with Crippen molar-refractivity contribution >= 4 is 27.3 Å². The molecule has 2 heterocycles. The molecule has 1 unspecified atom stereocenters. The van der Waals surface area contributed by atoms with Crippen molar-refractivity contribution < 1.29 is 13.2 Å². The van der Waals surface area contributed by atoms with Gasteiger partial charge < -0.3 is 10.1 Å². The normalized spacial score (nSPS) is 21.4. The van der Waals surface area contributed by atoms with Gasteiger partial charge in [-0.15, -0.1) is 0 Å². The largest absolute Gasteiger partial charge is 0.467 e. The van der Waals surface area contributed by atoms with Crippen LogP contribution < -0.4 is 10.1 Å². The second-order valence-corrected chi connectivity index (χ2v) is 5.80. The van der Waals surface area contributed by atoms with E-state index in [9.17, 15) is 8.42 Å². The van der Waals surface area contributed by atoms with Gasteiger partial charge in [0, 0.05) is 5.41 Å². The van der Waals surface area contributed by atoms with Crippen LogP contribution in [0.15, 0.2) is 17.7 Å². The van der Waals surface area contributed by atoms with Crippen LogP contribution in [0.5, 0.6) is 6.01 Å². The average molecular weight is 276 g/mol. The maximum absolute atomic E-state index is 11.2. The van der Waals surface area contributed by atoms with Gasteiger partial charge in [-0.2, -0.15) is 4.98 Å². The van der Waals surface area contributed by atoms with Crippen LogP contribution >= 0.6 is 11.6 Å². The Hall–Kier alpha value is -1.34. The van der Waals surface area contributed by atoms with Crippen LogP contribution in [-0.4, -0.2) is 37.3 Å². The highest BCUT2D eigenvalue weighted by Gasteiger charge is 2.22. The molecule has 1 N–H and O–H groups in total. The number of nitrogens with one attached hydrogen (secondary N) is 1. The number of nitrogens with zero attached hydrogens (tertiary/aromatic N) is 2. The van der Waals surface area contributed by atoms with Crippen LogP contribution in [0.4, 0.5) is 5.82 Å². The number of ether oxygens (including phenoxy) is 1. The van der Waals surface area contributed by atoms with Crippen molar-refractivity contribution in [3.63, 3.8) is 0 Å². The molecule has 0 aromatic carbocycles. The third kappa shape index (κ3) is 2.86. The number of halogens is 1. The molecule has 1 aliphatic heterocycles. The van der Waals surface area contributed by atoms with Gasteiger partial charge in [0.05, 0.1) is 25.1 Å². The topological polar surface area (TPSA) is 81.2 Å². The quantitative estimate of drug-likeness (QED) is 0.881. The Bertz CT molecular complexity index is 559. The standard InChI is InChI=1S/C9H10ClN3O3S/c1-16-9-11-4-7(10)8(13-9)12-6-2-3-17(14,15)5-6/h2-4,6H,5H2,1H3,(H,11,12,13). The second kappa shape index (κ2) is 4.50. The van der Waals surface area contributed by atoms with Gasteiger partial charge in [0.1, 0.15) is 5.02 Å². The summed E-state index contributed by atoms with van der Waals surface area (Å²) < 4.78 is 27.3. The zero-order valence-electron chi connectivity index (χ0n) is 8.92. The number of rotatable bonds is 3. The third-order valence-electron chi connectivity index (χ3n) is 2.16. The van der Waals surface area contributed by atoms with Crippen molar-refractivity contribution in [3.05, 3.63) is 22.7 Å². The molecule has 0 radical (unpaired) electrons. The van der Waals surface area contributed by atoms with Crippen LogP contribution in [-0.2, 0) is 9.84 Å². The van der Waals surface area contributed by atoms with Crippen molar-refractivity contribution in [2.24, 2.45) is 0 Å². The van der Waals surface area contributed by atoms with E-state index in [0.717, 1.165) is 0 Å². The minimum absolute atomic E-state index is 0.00432. The Labute approximate surface area is 104 Å². The van der Waals surface area contributed by atoms with Crippen LogP contribution in [0.2, 0.25) is 5.02 Å². The number of aromatic nitrogens is 2. The van der Waals surface area contributed by atoms with E-state index in [2.05, 4.69) is 15.3 Å². The molecule has 0 fully saturated rings. The lowest BCUT2D eigenvalue weighted by atomic mass is 10.3. The first-order valence-corrected chi connectivity index (χ1v) is 6.83. The summed E-state index contributed by atoms with van der Waals surface area (Å²) in [6, 6.07) is -0.168. The van der Waals surface area contributed by atoms with Crippen molar-refractivity contribution in [1.82, 2.24) is 9.97 Å². The lowest BCUT2D eigenvalue weighted by Crippen LogP contribution is -2.21. The molecule has 1 aromatic heterocycles. The molecule has 0 bridgehead atoms. The van der Waals surface area contributed by atoms with E-state index in [-0.39, 0.29) is 17.8 Å². The van der Waals surface area contributed by atoms with E-state index < -0.39 is 9.84 Å². The van der Waals surface area contributed by atoms with Gasteiger partial charge in [-0.1, -0.05) is 11.6 Å². The third-order valence-corrected chi connectivity index (χ3v) is 3.83. The molecule has 92 valence electrons. The first-order chi connectivity index (χ1) is 8.00. The highest BCUT2D eigenvalue weighted by Crippen LogP contribution is 2.22. The lowest BCUT2D eigenvalue weighted by Gasteiger charge is -2.12. The first-order valence-electron chi connectivity index (χ1n) is 4.74. The molecule has 0 amide bonds. The highest BCUT2D eigenvalue weighted by molar-refractivity contribution is 7.94. The molecular formula is C9H10ClN3O3S. The number of hydrogen-bond donors (Lipinski definition) is 1. The minimum atomic E-state index is -3.10. The molecule has 1 aromatic rings. The molecule has 0 spiro atoms. The molecule has 0 saturated heterocycles. The van der Waals surface area contributed by atoms with E-state index >= 15 is 0 Å². The maximum atomic E-state index is 11.2. The fourth-order valence-corrected chi connectivity index (χ4v) is 2.77. The van der Waals surface area contributed by atoms with Gasteiger partial charge in [-0.25, -0.2) is 13.4 Å². The van der Waals surface area contributed by atoms with Crippen molar-refractivity contribution in [2.75, 3.05) is 18.2 Å². The molecule has 1 aliphatic rings. The zero-order chi connectivity index (χ0) is 12.5. The van der Waals surface area contributed by atoms with Crippen LogP contribution in [0.3, 0.4) is 0 Å². The molecule has 6 nitrogen and oxygen atoms in total. The van der Waals surface area contributed by atoms with E-state index in [1.807, 2.05) is 0 Å². The van der Waals surface area contributed by atoms with Gasteiger partial charge in [0.2, 0.25) is 0 Å². The summed E-state index contributed by atoms with van der Waals surface area (Å²) in [5, 5.41) is 4.40.